The number of hydrogen-bond acceptors (Lipinski definition) is 3. The van der Waals surface area contributed by atoms with Crippen LogP contribution in [0.1, 0.15) is 17.5 Å². The lowest BCUT2D eigenvalue weighted by Crippen LogP contribution is -2.28. The van der Waals surface area contributed by atoms with Crippen molar-refractivity contribution in [3.8, 4) is 11.8 Å². The minimum absolute atomic E-state index is 0.0536. The zero-order valence-electron chi connectivity index (χ0n) is 11.1. The maximum atomic E-state index is 13.5. The molecule has 1 aromatic carbocycles. The van der Waals surface area contributed by atoms with Gasteiger partial charge in [-0.3, -0.25) is 14.3 Å². The maximum absolute atomic E-state index is 13.5. The molecule has 5 nitrogen and oxygen atoms in total. The molecule has 108 valence electrons. The number of aliphatic hydroxyl groups is 1. The van der Waals surface area contributed by atoms with Crippen molar-refractivity contribution in [2.45, 2.75) is 13.0 Å². The van der Waals surface area contributed by atoms with Gasteiger partial charge in [0.2, 0.25) is 0 Å². The maximum Gasteiger partial charge on any atom is 0.328 e. The van der Waals surface area contributed by atoms with Gasteiger partial charge in [0.25, 0.3) is 5.56 Å². The number of nitrogens with one attached hydrogen (secondary N) is 1. The predicted octanol–water partition coefficient (Wildman–Crippen LogP) is 0.458. The van der Waals surface area contributed by atoms with Crippen LogP contribution in [0.3, 0.4) is 0 Å². The Hall–Kier alpha value is -2.65. The Morgan fingerprint density at radius 3 is 2.81 bits per heavy atom. The van der Waals surface area contributed by atoms with Crippen LogP contribution in [-0.4, -0.2) is 21.3 Å². The zero-order valence-corrected chi connectivity index (χ0v) is 11.1. The minimum atomic E-state index is -0.556. The minimum Gasteiger partial charge on any atom is -0.395 e. The first-order valence-electron chi connectivity index (χ1n) is 6.27. The van der Waals surface area contributed by atoms with Crippen LogP contribution in [0.2, 0.25) is 0 Å². The number of aromatic amines is 1. The first-order valence-corrected chi connectivity index (χ1v) is 6.27. The summed E-state index contributed by atoms with van der Waals surface area (Å²) in [7, 11) is 0. The molecular formula is C15H13FN2O3. The Morgan fingerprint density at radius 1 is 1.29 bits per heavy atom. The quantitative estimate of drug-likeness (QED) is 0.806. The van der Waals surface area contributed by atoms with Gasteiger partial charge in [0, 0.05) is 24.2 Å². The third kappa shape index (κ3) is 4.16. The molecule has 0 unspecified atom stereocenters. The highest BCUT2D eigenvalue weighted by molar-refractivity contribution is 5.37. The van der Waals surface area contributed by atoms with Gasteiger partial charge >= 0.3 is 5.69 Å². The normalized spacial score (nSPS) is 10.0. The van der Waals surface area contributed by atoms with E-state index < -0.39 is 17.1 Å². The fraction of sp³-hybridized carbons (Fsp3) is 0.200. The molecule has 0 fully saturated rings. The molecule has 6 heteroatoms. The first-order chi connectivity index (χ1) is 10.1. The molecule has 2 N–H and O–H groups in total. The van der Waals surface area contributed by atoms with Crippen LogP contribution >= 0.6 is 0 Å². The van der Waals surface area contributed by atoms with E-state index in [1.54, 1.807) is 6.07 Å². The largest absolute Gasteiger partial charge is 0.395 e. The van der Waals surface area contributed by atoms with Crippen LogP contribution in [0.15, 0.2) is 40.1 Å². The van der Waals surface area contributed by atoms with E-state index in [0.29, 0.717) is 17.5 Å². The molecule has 0 aliphatic carbocycles. The van der Waals surface area contributed by atoms with Gasteiger partial charge in [-0.25, -0.2) is 9.18 Å². The number of rotatable bonds is 3. The highest BCUT2D eigenvalue weighted by Gasteiger charge is 2.02. The van der Waals surface area contributed by atoms with Crippen molar-refractivity contribution < 1.29 is 9.50 Å². The van der Waals surface area contributed by atoms with Crippen LogP contribution in [-0.2, 0) is 6.54 Å². The smallest absolute Gasteiger partial charge is 0.328 e. The summed E-state index contributed by atoms with van der Waals surface area (Å²) in [4.78, 5) is 24.7. The fourth-order valence-corrected chi connectivity index (χ4v) is 1.80. The molecule has 1 aromatic heterocycles. The number of halogens is 1. The lowest BCUT2D eigenvalue weighted by atomic mass is 10.1. The number of aromatic nitrogens is 2. The van der Waals surface area contributed by atoms with Gasteiger partial charge in [-0.2, -0.15) is 0 Å². The summed E-state index contributed by atoms with van der Waals surface area (Å²) in [6.45, 7) is 0.0734. The van der Waals surface area contributed by atoms with E-state index in [2.05, 4.69) is 16.8 Å². The van der Waals surface area contributed by atoms with Crippen molar-refractivity contribution in [1.29, 1.82) is 0 Å². The molecule has 2 aromatic rings. The SMILES string of the molecule is O=c1ccn(Cc2cc(F)cc(C#CCCO)c2)c(=O)[nH]1. The Kier molecular flexibility index (Phi) is 4.69. The summed E-state index contributed by atoms with van der Waals surface area (Å²) in [5.74, 6) is 4.99. The predicted molar refractivity (Wildman–Crippen MR) is 75.4 cm³/mol. The Balaban J connectivity index is 2.30. The Morgan fingerprint density at radius 2 is 2.10 bits per heavy atom. The van der Waals surface area contributed by atoms with Crippen LogP contribution in [0.5, 0.6) is 0 Å². The summed E-state index contributed by atoms with van der Waals surface area (Å²) < 4.78 is 14.8. The van der Waals surface area contributed by atoms with Crippen LogP contribution < -0.4 is 11.2 Å². The standard InChI is InChI=1S/C15H13FN2O3/c16-13-8-11(3-1-2-6-19)7-12(9-13)10-18-5-4-14(20)17-15(18)21/h4-5,7-9,19H,2,6,10H2,(H,17,20,21). The van der Waals surface area contributed by atoms with Crippen molar-refractivity contribution >= 4 is 0 Å². The molecule has 0 atom stereocenters. The van der Waals surface area contributed by atoms with E-state index in [0.717, 1.165) is 0 Å². The third-order valence-electron chi connectivity index (χ3n) is 2.68. The summed E-state index contributed by atoms with van der Waals surface area (Å²) in [6.07, 6.45) is 1.66. The second kappa shape index (κ2) is 6.68. The highest BCUT2D eigenvalue weighted by atomic mass is 19.1. The number of H-pyrrole nitrogens is 1. The molecule has 0 amide bonds. The summed E-state index contributed by atoms with van der Waals surface area (Å²) in [5, 5.41) is 8.66. The van der Waals surface area contributed by atoms with Crippen molar-refractivity contribution in [2.24, 2.45) is 0 Å². The number of benzene rings is 1. The van der Waals surface area contributed by atoms with Crippen LogP contribution in [0.25, 0.3) is 0 Å². The van der Waals surface area contributed by atoms with Gasteiger partial charge in [0.15, 0.2) is 0 Å². The Labute approximate surface area is 119 Å². The second-order valence-corrected chi connectivity index (χ2v) is 4.36. The summed E-state index contributed by atoms with van der Waals surface area (Å²) in [5.41, 5.74) is -0.0147. The molecule has 1 heterocycles. The molecule has 0 aliphatic heterocycles. The first kappa shape index (κ1) is 14.8. The molecule has 0 saturated heterocycles. The van der Waals surface area contributed by atoms with Crippen molar-refractivity contribution in [3.63, 3.8) is 0 Å². The topological polar surface area (TPSA) is 75.1 Å². The van der Waals surface area contributed by atoms with Crippen LogP contribution in [0.4, 0.5) is 4.39 Å². The number of aliphatic hydroxyl groups excluding tert-OH is 1. The van der Waals surface area contributed by atoms with Gasteiger partial charge in [-0.05, 0) is 23.8 Å². The lowest BCUT2D eigenvalue weighted by Gasteiger charge is -2.05. The van der Waals surface area contributed by atoms with E-state index in [4.69, 9.17) is 5.11 Å². The fourth-order valence-electron chi connectivity index (χ4n) is 1.80. The molecule has 0 radical (unpaired) electrons. The van der Waals surface area contributed by atoms with Crippen LogP contribution in [0, 0.1) is 17.7 Å². The van der Waals surface area contributed by atoms with Gasteiger partial charge in [-0.15, -0.1) is 0 Å². The Bertz CT molecular complexity index is 812. The molecule has 2 rings (SSSR count). The molecule has 21 heavy (non-hydrogen) atoms. The zero-order chi connectivity index (χ0) is 15.2. The molecule has 0 aliphatic rings. The third-order valence-corrected chi connectivity index (χ3v) is 2.68. The van der Waals surface area contributed by atoms with E-state index in [9.17, 15) is 14.0 Å². The van der Waals surface area contributed by atoms with E-state index >= 15 is 0 Å². The van der Waals surface area contributed by atoms with Gasteiger partial charge in [-0.1, -0.05) is 11.8 Å². The van der Waals surface area contributed by atoms with E-state index in [1.807, 2.05) is 0 Å². The number of nitrogens with zero attached hydrogens (tertiary/aromatic N) is 1. The van der Waals surface area contributed by atoms with E-state index in [1.165, 1.54) is 29.0 Å². The van der Waals surface area contributed by atoms with Crippen molar-refractivity contribution in [2.75, 3.05) is 6.61 Å². The summed E-state index contributed by atoms with van der Waals surface area (Å²) >= 11 is 0. The average Bonchev–Trinajstić information content (AvgIpc) is 2.42. The van der Waals surface area contributed by atoms with E-state index in [-0.39, 0.29) is 13.2 Å². The monoisotopic (exact) mass is 288 g/mol. The molecular weight excluding hydrogens is 275 g/mol. The van der Waals surface area contributed by atoms with Gasteiger partial charge in [0.05, 0.1) is 13.2 Å². The lowest BCUT2D eigenvalue weighted by molar-refractivity contribution is 0.305. The second-order valence-electron chi connectivity index (χ2n) is 4.36. The average molecular weight is 288 g/mol. The number of hydrogen-bond donors (Lipinski definition) is 2. The molecule has 0 bridgehead atoms. The molecule has 0 saturated carbocycles. The van der Waals surface area contributed by atoms with Gasteiger partial charge < -0.3 is 5.11 Å². The van der Waals surface area contributed by atoms with Crippen molar-refractivity contribution in [3.05, 3.63) is 68.2 Å². The molecule has 0 spiro atoms. The van der Waals surface area contributed by atoms with Gasteiger partial charge in [0.1, 0.15) is 5.82 Å². The van der Waals surface area contributed by atoms with Crippen molar-refractivity contribution in [1.82, 2.24) is 9.55 Å². The highest BCUT2D eigenvalue weighted by Crippen LogP contribution is 2.09. The summed E-state index contributed by atoms with van der Waals surface area (Å²) in [6, 6.07) is 5.46.